The van der Waals surface area contributed by atoms with Crippen LogP contribution in [0.5, 0.6) is 11.5 Å². The average Bonchev–Trinajstić information content (AvgIpc) is 3.20. The Labute approximate surface area is 205 Å². The molecule has 7 nitrogen and oxygen atoms in total. The molecule has 0 aliphatic rings. The van der Waals surface area contributed by atoms with Gasteiger partial charge in [-0.3, -0.25) is 14.5 Å². The van der Waals surface area contributed by atoms with E-state index in [0.29, 0.717) is 33.2 Å². The van der Waals surface area contributed by atoms with Crippen molar-refractivity contribution in [2.75, 3.05) is 12.4 Å². The summed E-state index contributed by atoms with van der Waals surface area (Å²) in [5, 5.41) is 9.77. The maximum Gasteiger partial charge on any atom is 0.387 e. The second-order valence-electron chi connectivity index (χ2n) is 7.67. The van der Waals surface area contributed by atoms with Crippen molar-refractivity contribution >= 4 is 23.8 Å². The van der Waals surface area contributed by atoms with Crippen LogP contribution in [-0.2, 0) is 11.3 Å². The Kier molecular flexibility index (Phi) is 7.21. The Hall–Kier alpha value is -4.05. The SMILES string of the molecule is COc1ccc(-c2cc(NC(=O)Cn3c(-c4ccc(C)cc4)n[nH]c3=S)ccc2OC(F)F)cc1. The van der Waals surface area contributed by atoms with Crippen LogP contribution in [0.2, 0.25) is 0 Å². The number of carbonyl (C=O) groups is 1. The molecule has 10 heteroatoms. The highest BCUT2D eigenvalue weighted by Gasteiger charge is 2.16. The molecular formula is C25H22F2N4O3S. The highest BCUT2D eigenvalue weighted by atomic mass is 32.1. The number of nitrogens with zero attached hydrogens (tertiary/aromatic N) is 2. The van der Waals surface area contributed by atoms with Gasteiger partial charge < -0.3 is 14.8 Å². The van der Waals surface area contributed by atoms with Gasteiger partial charge in [-0.15, -0.1) is 0 Å². The minimum Gasteiger partial charge on any atom is -0.497 e. The zero-order chi connectivity index (χ0) is 24.9. The van der Waals surface area contributed by atoms with E-state index in [0.717, 1.165) is 11.1 Å². The molecule has 0 radical (unpaired) electrons. The number of halogens is 2. The van der Waals surface area contributed by atoms with E-state index in [1.165, 1.54) is 19.2 Å². The van der Waals surface area contributed by atoms with Crippen LogP contribution < -0.4 is 14.8 Å². The lowest BCUT2D eigenvalue weighted by atomic mass is 10.0. The van der Waals surface area contributed by atoms with E-state index in [1.54, 1.807) is 34.9 Å². The molecule has 0 saturated carbocycles. The number of carbonyl (C=O) groups excluding carboxylic acids is 1. The maximum atomic E-state index is 13.0. The van der Waals surface area contributed by atoms with Crippen molar-refractivity contribution in [3.63, 3.8) is 0 Å². The third kappa shape index (κ3) is 5.72. The van der Waals surface area contributed by atoms with Crippen LogP contribution in [0, 0.1) is 11.7 Å². The molecule has 3 aromatic carbocycles. The normalized spacial score (nSPS) is 10.9. The van der Waals surface area contributed by atoms with Gasteiger partial charge in [0.1, 0.15) is 18.0 Å². The van der Waals surface area contributed by atoms with Crippen LogP contribution >= 0.6 is 12.2 Å². The van der Waals surface area contributed by atoms with E-state index in [9.17, 15) is 13.6 Å². The van der Waals surface area contributed by atoms with Crippen molar-refractivity contribution in [3.05, 3.63) is 77.1 Å². The zero-order valence-corrected chi connectivity index (χ0v) is 19.7. The van der Waals surface area contributed by atoms with Crippen LogP contribution in [-0.4, -0.2) is 34.4 Å². The molecule has 4 aromatic rings. The Morgan fingerprint density at radius 1 is 1.09 bits per heavy atom. The first kappa shape index (κ1) is 24.1. The summed E-state index contributed by atoms with van der Waals surface area (Å²) in [6.45, 7) is -1.10. The molecule has 4 rings (SSSR count). The lowest BCUT2D eigenvalue weighted by Crippen LogP contribution is -2.19. The van der Waals surface area contributed by atoms with E-state index in [4.69, 9.17) is 17.0 Å². The molecule has 1 heterocycles. The molecule has 0 unspecified atom stereocenters. The fraction of sp³-hybridized carbons (Fsp3) is 0.160. The number of aromatic amines is 1. The van der Waals surface area contributed by atoms with Gasteiger partial charge in [-0.25, -0.2) is 0 Å². The molecule has 0 fully saturated rings. The summed E-state index contributed by atoms with van der Waals surface area (Å²) >= 11 is 5.31. The number of methoxy groups -OCH3 is 1. The van der Waals surface area contributed by atoms with Crippen LogP contribution in [0.25, 0.3) is 22.5 Å². The number of anilines is 1. The van der Waals surface area contributed by atoms with Crippen molar-refractivity contribution in [2.45, 2.75) is 20.1 Å². The summed E-state index contributed by atoms with van der Waals surface area (Å²) in [6, 6.07) is 19.0. The Balaban J connectivity index is 1.59. The number of hydrogen-bond donors (Lipinski definition) is 2. The minimum atomic E-state index is -2.99. The topological polar surface area (TPSA) is 81.2 Å². The number of aryl methyl sites for hydroxylation is 1. The van der Waals surface area contributed by atoms with E-state index < -0.39 is 6.61 Å². The van der Waals surface area contributed by atoms with Crippen LogP contribution in [0.3, 0.4) is 0 Å². The van der Waals surface area contributed by atoms with Crippen molar-refractivity contribution in [3.8, 4) is 34.0 Å². The lowest BCUT2D eigenvalue weighted by Gasteiger charge is -2.14. The number of aromatic nitrogens is 3. The first-order valence-electron chi connectivity index (χ1n) is 10.6. The van der Waals surface area contributed by atoms with Crippen LogP contribution in [0.1, 0.15) is 5.56 Å². The van der Waals surface area contributed by atoms with Gasteiger partial charge in [-0.05, 0) is 55.0 Å². The summed E-state index contributed by atoms with van der Waals surface area (Å²) in [6.07, 6.45) is 0. The molecule has 0 aliphatic carbocycles. The zero-order valence-electron chi connectivity index (χ0n) is 18.9. The minimum absolute atomic E-state index is 0.0122. The first-order chi connectivity index (χ1) is 16.8. The van der Waals surface area contributed by atoms with Crippen molar-refractivity contribution in [1.82, 2.24) is 14.8 Å². The second kappa shape index (κ2) is 10.5. The Bertz CT molecular complexity index is 1380. The molecule has 0 aliphatic heterocycles. The fourth-order valence-electron chi connectivity index (χ4n) is 3.53. The highest BCUT2D eigenvalue weighted by Crippen LogP contribution is 2.34. The van der Waals surface area contributed by atoms with E-state index in [2.05, 4.69) is 20.3 Å². The number of nitrogens with one attached hydrogen (secondary N) is 2. The van der Waals surface area contributed by atoms with Crippen LogP contribution in [0.15, 0.2) is 66.7 Å². The molecular weight excluding hydrogens is 474 g/mol. The summed E-state index contributed by atoms with van der Waals surface area (Å²) in [5.74, 6) is 0.779. The monoisotopic (exact) mass is 496 g/mol. The Morgan fingerprint density at radius 3 is 2.43 bits per heavy atom. The molecule has 1 aromatic heterocycles. The molecule has 180 valence electrons. The number of rotatable bonds is 8. The third-order valence-electron chi connectivity index (χ3n) is 5.25. The van der Waals surface area contributed by atoms with Gasteiger partial charge in [0.2, 0.25) is 5.91 Å². The van der Waals surface area contributed by atoms with Gasteiger partial charge >= 0.3 is 6.61 Å². The average molecular weight is 497 g/mol. The van der Waals surface area contributed by atoms with Gasteiger partial charge in [-0.1, -0.05) is 42.0 Å². The molecule has 0 spiro atoms. The first-order valence-corrected chi connectivity index (χ1v) is 11.0. The second-order valence-corrected chi connectivity index (χ2v) is 8.06. The van der Waals surface area contributed by atoms with Crippen molar-refractivity contribution in [1.29, 1.82) is 0 Å². The predicted octanol–water partition coefficient (Wildman–Crippen LogP) is 5.83. The van der Waals surface area contributed by atoms with E-state index in [-0.39, 0.29) is 18.2 Å². The summed E-state index contributed by atoms with van der Waals surface area (Å²) < 4.78 is 37.7. The number of benzene rings is 3. The van der Waals surface area contributed by atoms with Gasteiger partial charge in [0.05, 0.1) is 7.11 Å². The standard InChI is InChI=1S/C25H22F2N4O3S/c1-15-3-5-17(6-4-15)23-29-30-25(35)31(23)14-22(32)28-18-9-12-21(34-24(26)27)20(13-18)16-7-10-19(33-2)11-8-16/h3-13,24H,14H2,1-2H3,(H,28,32)(H,30,35). The highest BCUT2D eigenvalue weighted by molar-refractivity contribution is 7.71. The molecule has 0 bridgehead atoms. The number of H-pyrrole nitrogens is 1. The fourth-order valence-corrected chi connectivity index (χ4v) is 3.73. The molecule has 0 atom stereocenters. The molecule has 2 N–H and O–H groups in total. The van der Waals surface area contributed by atoms with Gasteiger partial charge in [-0.2, -0.15) is 13.9 Å². The van der Waals surface area contributed by atoms with Crippen LogP contribution in [0.4, 0.5) is 14.5 Å². The maximum absolute atomic E-state index is 13.0. The molecule has 1 amide bonds. The Morgan fingerprint density at radius 2 is 1.77 bits per heavy atom. The number of ether oxygens (including phenoxy) is 2. The predicted molar refractivity (Wildman–Crippen MR) is 131 cm³/mol. The summed E-state index contributed by atoms with van der Waals surface area (Å²) in [4.78, 5) is 12.9. The number of alkyl halides is 2. The largest absolute Gasteiger partial charge is 0.497 e. The van der Waals surface area contributed by atoms with E-state index >= 15 is 0 Å². The van der Waals surface area contributed by atoms with Crippen molar-refractivity contribution < 1.29 is 23.0 Å². The summed E-state index contributed by atoms with van der Waals surface area (Å²) in [5.41, 5.74) is 3.33. The quantitative estimate of drug-likeness (QED) is 0.300. The van der Waals surface area contributed by atoms with Gasteiger partial charge in [0.25, 0.3) is 0 Å². The summed E-state index contributed by atoms with van der Waals surface area (Å²) in [7, 11) is 1.53. The van der Waals surface area contributed by atoms with Crippen molar-refractivity contribution in [2.24, 2.45) is 0 Å². The number of amides is 1. The van der Waals surface area contributed by atoms with Gasteiger partial charge in [0, 0.05) is 16.8 Å². The molecule has 0 saturated heterocycles. The van der Waals surface area contributed by atoms with Gasteiger partial charge in [0.15, 0.2) is 10.6 Å². The smallest absolute Gasteiger partial charge is 0.387 e. The van der Waals surface area contributed by atoms with E-state index in [1.807, 2.05) is 31.2 Å². The molecule has 35 heavy (non-hydrogen) atoms. The lowest BCUT2D eigenvalue weighted by molar-refractivity contribution is -0.116. The number of hydrogen-bond acceptors (Lipinski definition) is 5. The third-order valence-corrected chi connectivity index (χ3v) is 5.56.